The molecule has 3 aliphatic heterocycles. The van der Waals surface area contributed by atoms with Crippen LogP contribution in [0.15, 0.2) is 18.2 Å². The van der Waals surface area contributed by atoms with Crippen LogP contribution in [0.5, 0.6) is 0 Å². The van der Waals surface area contributed by atoms with Crippen LogP contribution in [0.1, 0.15) is 64.8 Å². The Balaban J connectivity index is 1.41. The molecular formula is C22H25N3O6. The van der Waals surface area contributed by atoms with Crippen LogP contribution in [0.4, 0.5) is 0 Å². The van der Waals surface area contributed by atoms with Gasteiger partial charge in [-0.15, -0.1) is 0 Å². The number of hydrogen-bond acceptors (Lipinski definition) is 5. The lowest BCUT2D eigenvalue weighted by atomic mass is 9.92. The van der Waals surface area contributed by atoms with Crippen molar-refractivity contribution in [2.24, 2.45) is 5.92 Å². The first-order chi connectivity index (χ1) is 14.8. The van der Waals surface area contributed by atoms with Gasteiger partial charge in [-0.25, -0.2) is 0 Å². The molecule has 1 atom stereocenters. The molecule has 2 saturated heterocycles. The molecule has 0 aliphatic carbocycles. The number of amides is 4. The first-order valence-corrected chi connectivity index (χ1v) is 10.6. The SMILES string of the molecule is O=C(O)CCC1CCN(C(=O)c2ccc3c(c2)C(=O)N(C2CCC(=O)NC2=O)C3)CC1. The second-order valence-corrected chi connectivity index (χ2v) is 8.44. The van der Waals surface area contributed by atoms with Gasteiger partial charge < -0.3 is 14.9 Å². The number of carbonyl (C=O) groups is 5. The third-order valence-corrected chi connectivity index (χ3v) is 6.44. The molecule has 2 fully saturated rings. The molecule has 1 aromatic carbocycles. The van der Waals surface area contributed by atoms with E-state index in [2.05, 4.69) is 5.32 Å². The molecule has 0 radical (unpaired) electrons. The Bertz CT molecular complexity index is 951. The number of aliphatic carboxylic acids is 1. The van der Waals surface area contributed by atoms with Crippen LogP contribution in [-0.4, -0.2) is 63.6 Å². The van der Waals surface area contributed by atoms with Crippen molar-refractivity contribution in [3.63, 3.8) is 0 Å². The standard InChI is InChI=1S/C22H25N3O6/c26-18-5-4-17(20(29)23-18)25-12-15-3-2-14(11-16(15)22(25)31)21(30)24-9-7-13(8-10-24)1-6-19(27)28/h2-3,11,13,17H,1,4-10,12H2,(H,27,28)(H,23,26,29). The van der Waals surface area contributed by atoms with Gasteiger partial charge in [0.15, 0.2) is 0 Å². The zero-order valence-electron chi connectivity index (χ0n) is 17.1. The number of carboxylic acids is 1. The molecule has 0 saturated carbocycles. The number of imide groups is 1. The molecule has 4 amide bonds. The molecule has 9 heteroatoms. The summed E-state index contributed by atoms with van der Waals surface area (Å²) in [5, 5.41) is 11.1. The highest BCUT2D eigenvalue weighted by Crippen LogP contribution is 2.29. The maximum Gasteiger partial charge on any atom is 0.303 e. The highest BCUT2D eigenvalue weighted by Gasteiger charge is 2.39. The van der Waals surface area contributed by atoms with E-state index < -0.39 is 17.9 Å². The maximum absolute atomic E-state index is 13.0. The minimum Gasteiger partial charge on any atom is -0.481 e. The second kappa shape index (κ2) is 8.49. The molecular weight excluding hydrogens is 402 g/mol. The molecule has 3 aliphatic rings. The first-order valence-electron chi connectivity index (χ1n) is 10.6. The summed E-state index contributed by atoms with van der Waals surface area (Å²) in [5.41, 5.74) is 1.62. The van der Waals surface area contributed by atoms with E-state index in [9.17, 15) is 24.0 Å². The average molecular weight is 427 g/mol. The van der Waals surface area contributed by atoms with Crippen molar-refractivity contribution in [2.75, 3.05) is 13.1 Å². The van der Waals surface area contributed by atoms with Gasteiger partial charge in [0.2, 0.25) is 11.8 Å². The number of carbonyl (C=O) groups excluding carboxylic acids is 4. The van der Waals surface area contributed by atoms with Crippen LogP contribution in [0.25, 0.3) is 0 Å². The summed E-state index contributed by atoms with van der Waals surface area (Å²) in [6.45, 7) is 1.41. The van der Waals surface area contributed by atoms with Crippen molar-refractivity contribution in [1.29, 1.82) is 0 Å². The van der Waals surface area contributed by atoms with Crippen molar-refractivity contribution in [1.82, 2.24) is 15.1 Å². The summed E-state index contributed by atoms with van der Waals surface area (Å²) in [4.78, 5) is 63.4. The fourth-order valence-corrected chi connectivity index (χ4v) is 4.62. The van der Waals surface area contributed by atoms with E-state index >= 15 is 0 Å². The predicted octanol–water partition coefficient (Wildman–Crippen LogP) is 1.16. The molecule has 1 aromatic rings. The monoisotopic (exact) mass is 427 g/mol. The highest BCUT2D eigenvalue weighted by atomic mass is 16.4. The molecule has 164 valence electrons. The molecule has 3 heterocycles. The molecule has 2 N–H and O–H groups in total. The summed E-state index contributed by atoms with van der Waals surface area (Å²) >= 11 is 0. The van der Waals surface area contributed by atoms with E-state index in [-0.39, 0.29) is 37.1 Å². The number of benzene rings is 1. The third kappa shape index (κ3) is 4.30. The van der Waals surface area contributed by atoms with Crippen LogP contribution < -0.4 is 5.32 Å². The Labute approximate surface area is 179 Å². The average Bonchev–Trinajstić information content (AvgIpc) is 3.08. The summed E-state index contributed by atoms with van der Waals surface area (Å²) in [6, 6.07) is 4.38. The van der Waals surface area contributed by atoms with Gasteiger partial charge in [0.05, 0.1) is 0 Å². The number of nitrogens with one attached hydrogen (secondary N) is 1. The molecule has 4 rings (SSSR count). The van der Waals surface area contributed by atoms with Crippen molar-refractivity contribution in [2.45, 2.75) is 51.1 Å². The van der Waals surface area contributed by atoms with Crippen molar-refractivity contribution >= 4 is 29.6 Å². The van der Waals surface area contributed by atoms with E-state index in [1.807, 2.05) is 0 Å². The van der Waals surface area contributed by atoms with Gasteiger partial charge in [-0.2, -0.15) is 0 Å². The minimum atomic E-state index is -0.798. The minimum absolute atomic E-state index is 0.147. The first kappa shape index (κ1) is 21.0. The topological polar surface area (TPSA) is 124 Å². The van der Waals surface area contributed by atoms with E-state index in [0.29, 0.717) is 43.0 Å². The van der Waals surface area contributed by atoms with Gasteiger partial charge in [-0.1, -0.05) is 6.07 Å². The van der Waals surface area contributed by atoms with E-state index in [0.717, 1.165) is 18.4 Å². The summed E-state index contributed by atoms with van der Waals surface area (Å²) in [5.74, 6) is -1.72. The number of rotatable bonds is 5. The number of nitrogens with zero attached hydrogens (tertiary/aromatic N) is 2. The number of likely N-dealkylation sites (tertiary alicyclic amines) is 1. The lowest BCUT2D eigenvalue weighted by Gasteiger charge is -2.32. The Morgan fingerprint density at radius 3 is 2.52 bits per heavy atom. The highest BCUT2D eigenvalue weighted by molar-refractivity contribution is 6.06. The number of hydrogen-bond donors (Lipinski definition) is 2. The fourth-order valence-electron chi connectivity index (χ4n) is 4.62. The predicted molar refractivity (Wildman–Crippen MR) is 108 cm³/mol. The zero-order chi connectivity index (χ0) is 22.1. The van der Waals surface area contributed by atoms with Crippen molar-refractivity contribution in [3.8, 4) is 0 Å². The Hall–Kier alpha value is -3.23. The zero-order valence-corrected chi connectivity index (χ0v) is 17.1. The van der Waals surface area contributed by atoms with Gasteiger partial charge in [-0.05, 0) is 49.3 Å². The molecule has 0 aromatic heterocycles. The Morgan fingerprint density at radius 2 is 1.84 bits per heavy atom. The fraction of sp³-hybridized carbons (Fsp3) is 0.500. The van der Waals surface area contributed by atoms with Crippen LogP contribution in [0.3, 0.4) is 0 Å². The number of piperidine rings is 2. The van der Waals surface area contributed by atoms with Crippen molar-refractivity contribution in [3.05, 3.63) is 34.9 Å². The summed E-state index contributed by atoms with van der Waals surface area (Å²) in [7, 11) is 0. The van der Waals surface area contributed by atoms with Crippen LogP contribution >= 0.6 is 0 Å². The maximum atomic E-state index is 13.0. The van der Waals surface area contributed by atoms with Gasteiger partial charge in [0.25, 0.3) is 11.8 Å². The van der Waals surface area contributed by atoms with E-state index in [4.69, 9.17) is 5.11 Å². The van der Waals surface area contributed by atoms with Gasteiger partial charge in [0, 0.05) is 43.6 Å². The Morgan fingerprint density at radius 1 is 1.10 bits per heavy atom. The van der Waals surface area contributed by atoms with Crippen LogP contribution in [0, 0.1) is 5.92 Å². The van der Waals surface area contributed by atoms with E-state index in [1.165, 1.54) is 4.90 Å². The summed E-state index contributed by atoms with van der Waals surface area (Å²) in [6.07, 6.45) is 2.81. The number of fused-ring (bicyclic) bond motifs is 1. The third-order valence-electron chi connectivity index (χ3n) is 6.44. The Kier molecular flexibility index (Phi) is 5.75. The number of carboxylic acid groups (broad SMARTS) is 1. The van der Waals surface area contributed by atoms with Crippen LogP contribution in [0.2, 0.25) is 0 Å². The lowest BCUT2D eigenvalue weighted by molar-refractivity contribution is -0.138. The smallest absolute Gasteiger partial charge is 0.303 e. The molecule has 31 heavy (non-hydrogen) atoms. The largest absolute Gasteiger partial charge is 0.481 e. The molecule has 9 nitrogen and oxygen atoms in total. The molecule has 0 spiro atoms. The molecule has 1 unspecified atom stereocenters. The summed E-state index contributed by atoms with van der Waals surface area (Å²) < 4.78 is 0. The van der Waals surface area contributed by atoms with Gasteiger partial charge in [-0.3, -0.25) is 29.3 Å². The van der Waals surface area contributed by atoms with E-state index in [1.54, 1.807) is 23.1 Å². The van der Waals surface area contributed by atoms with Gasteiger partial charge in [0.1, 0.15) is 6.04 Å². The molecule has 0 bridgehead atoms. The van der Waals surface area contributed by atoms with Gasteiger partial charge >= 0.3 is 5.97 Å². The second-order valence-electron chi connectivity index (χ2n) is 8.44. The normalized spacial score (nSPS) is 21.8. The van der Waals surface area contributed by atoms with Crippen LogP contribution in [-0.2, 0) is 20.9 Å². The van der Waals surface area contributed by atoms with Crippen molar-refractivity contribution < 1.29 is 29.1 Å². The quantitative estimate of drug-likeness (QED) is 0.680. The lowest BCUT2D eigenvalue weighted by Crippen LogP contribution is -2.52.